The van der Waals surface area contributed by atoms with E-state index in [0.29, 0.717) is 48.3 Å². The SMILES string of the molecule is Cc1cc2c(N)c(Cl)cc(C(=O)NCC3(O)CCN(C(=O)OC(C)(C)C)CC3)c2o1. The second kappa shape index (κ2) is 8.00. The van der Waals surface area contributed by atoms with Crippen molar-refractivity contribution in [3.8, 4) is 0 Å². The second-order valence-electron chi connectivity index (χ2n) is 8.79. The first-order valence-electron chi connectivity index (χ1n) is 9.85. The molecule has 1 aliphatic heterocycles. The average Bonchev–Trinajstić information content (AvgIpc) is 3.04. The van der Waals surface area contributed by atoms with E-state index in [2.05, 4.69) is 5.32 Å². The summed E-state index contributed by atoms with van der Waals surface area (Å²) >= 11 is 6.17. The van der Waals surface area contributed by atoms with E-state index in [1.165, 1.54) is 6.07 Å². The zero-order chi connectivity index (χ0) is 22.3. The van der Waals surface area contributed by atoms with Crippen LogP contribution >= 0.6 is 11.6 Å². The first-order chi connectivity index (χ1) is 13.9. The summed E-state index contributed by atoms with van der Waals surface area (Å²) in [5, 5.41) is 14.4. The van der Waals surface area contributed by atoms with Crippen LogP contribution in [0.2, 0.25) is 5.02 Å². The highest BCUT2D eigenvalue weighted by Crippen LogP contribution is 2.34. The van der Waals surface area contributed by atoms with Crippen molar-refractivity contribution in [1.29, 1.82) is 0 Å². The van der Waals surface area contributed by atoms with Crippen LogP contribution in [0.5, 0.6) is 0 Å². The number of ether oxygens (including phenoxy) is 1. The van der Waals surface area contributed by atoms with Crippen LogP contribution in [-0.2, 0) is 4.74 Å². The third-order valence-electron chi connectivity index (χ3n) is 5.09. The summed E-state index contributed by atoms with van der Waals surface area (Å²) in [6.45, 7) is 7.91. The number of anilines is 1. The lowest BCUT2D eigenvalue weighted by molar-refractivity contribution is -0.0303. The highest BCUT2D eigenvalue weighted by Gasteiger charge is 2.36. The summed E-state index contributed by atoms with van der Waals surface area (Å²) in [4.78, 5) is 26.5. The summed E-state index contributed by atoms with van der Waals surface area (Å²) in [5.74, 6) is 0.195. The molecule has 1 saturated heterocycles. The first-order valence-corrected chi connectivity index (χ1v) is 10.2. The molecule has 0 atom stereocenters. The molecule has 2 aromatic rings. The summed E-state index contributed by atoms with van der Waals surface area (Å²) in [5.41, 5.74) is 5.26. The number of hydrogen-bond donors (Lipinski definition) is 3. The van der Waals surface area contributed by atoms with E-state index in [1.54, 1.807) is 17.9 Å². The summed E-state index contributed by atoms with van der Waals surface area (Å²) in [6, 6.07) is 3.19. The van der Waals surface area contributed by atoms with E-state index in [0.717, 1.165) is 0 Å². The second-order valence-corrected chi connectivity index (χ2v) is 9.20. The van der Waals surface area contributed by atoms with E-state index in [-0.39, 0.29) is 17.1 Å². The molecule has 1 fully saturated rings. The number of furan rings is 1. The Morgan fingerprint density at radius 2 is 1.97 bits per heavy atom. The van der Waals surface area contributed by atoms with Crippen molar-refractivity contribution in [3.63, 3.8) is 0 Å². The Hall–Kier alpha value is -2.45. The number of carbonyl (C=O) groups excluding carboxylic acids is 2. The van der Waals surface area contributed by atoms with Crippen LogP contribution in [0.1, 0.15) is 49.7 Å². The molecule has 1 aromatic heterocycles. The van der Waals surface area contributed by atoms with E-state index in [4.69, 9.17) is 26.5 Å². The number of aliphatic hydroxyl groups is 1. The minimum Gasteiger partial charge on any atom is -0.460 e. The molecule has 0 radical (unpaired) electrons. The number of piperidine rings is 1. The Labute approximate surface area is 180 Å². The van der Waals surface area contributed by atoms with Gasteiger partial charge in [0.1, 0.15) is 16.9 Å². The molecule has 30 heavy (non-hydrogen) atoms. The van der Waals surface area contributed by atoms with Crippen molar-refractivity contribution < 1.29 is 23.8 Å². The number of nitrogen functional groups attached to an aromatic ring is 1. The van der Waals surface area contributed by atoms with Crippen molar-refractivity contribution in [1.82, 2.24) is 10.2 Å². The van der Waals surface area contributed by atoms with Gasteiger partial charge < -0.3 is 30.2 Å². The van der Waals surface area contributed by atoms with Crippen molar-refractivity contribution >= 4 is 40.3 Å². The van der Waals surface area contributed by atoms with E-state index < -0.39 is 23.2 Å². The molecule has 2 heterocycles. The van der Waals surface area contributed by atoms with Crippen molar-refractivity contribution in [2.24, 2.45) is 0 Å². The number of nitrogens with one attached hydrogen (secondary N) is 1. The van der Waals surface area contributed by atoms with Gasteiger partial charge in [0.05, 0.1) is 21.9 Å². The van der Waals surface area contributed by atoms with Gasteiger partial charge in [-0.25, -0.2) is 4.79 Å². The lowest BCUT2D eigenvalue weighted by atomic mass is 9.91. The van der Waals surface area contributed by atoms with Gasteiger partial charge >= 0.3 is 6.09 Å². The maximum absolute atomic E-state index is 12.8. The molecular weight excluding hydrogens is 410 g/mol. The maximum Gasteiger partial charge on any atom is 0.410 e. The Morgan fingerprint density at radius 3 is 2.57 bits per heavy atom. The van der Waals surface area contributed by atoms with E-state index in [9.17, 15) is 14.7 Å². The quantitative estimate of drug-likeness (QED) is 0.633. The fraction of sp³-hybridized carbons (Fsp3) is 0.524. The lowest BCUT2D eigenvalue weighted by Crippen LogP contribution is -2.52. The molecule has 9 heteroatoms. The molecular formula is C21H28ClN3O5. The number of fused-ring (bicyclic) bond motifs is 1. The van der Waals surface area contributed by atoms with Gasteiger partial charge in [0.25, 0.3) is 5.91 Å². The normalized spacial score (nSPS) is 16.5. The minimum absolute atomic E-state index is 0.0389. The fourth-order valence-corrected chi connectivity index (χ4v) is 3.64. The standard InChI is InChI=1S/C21H28ClN3O5/c1-12-9-13-16(23)15(22)10-14(17(13)29-12)18(26)24-11-21(28)5-7-25(8-6-21)19(27)30-20(2,3)4/h9-10,28H,5-8,11,23H2,1-4H3,(H,24,26). The van der Waals surface area contributed by atoms with Gasteiger partial charge in [-0.3, -0.25) is 4.79 Å². The average molecular weight is 438 g/mol. The van der Waals surface area contributed by atoms with Crippen LogP contribution in [0.15, 0.2) is 16.5 Å². The molecule has 0 bridgehead atoms. The van der Waals surface area contributed by atoms with Gasteiger partial charge in [-0.2, -0.15) is 0 Å². The Balaban J connectivity index is 1.64. The number of likely N-dealkylation sites (tertiary alicyclic amines) is 1. The number of hydrogen-bond acceptors (Lipinski definition) is 6. The number of benzene rings is 1. The van der Waals surface area contributed by atoms with Gasteiger partial charge in [0, 0.05) is 25.0 Å². The van der Waals surface area contributed by atoms with Crippen LogP contribution in [-0.4, -0.2) is 52.8 Å². The summed E-state index contributed by atoms with van der Waals surface area (Å²) in [7, 11) is 0. The largest absolute Gasteiger partial charge is 0.460 e. The molecule has 0 saturated carbocycles. The molecule has 0 aliphatic carbocycles. The van der Waals surface area contributed by atoms with Crippen LogP contribution in [0, 0.1) is 6.92 Å². The van der Waals surface area contributed by atoms with Gasteiger partial charge in [-0.15, -0.1) is 0 Å². The number of nitrogens with two attached hydrogens (primary N) is 1. The topological polar surface area (TPSA) is 118 Å². The number of aryl methyl sites for hydroxylation is 1. The Kier molecular flexibility index (Phi) is 5.93. The third kappa shape index (κ3) is 4.82. The number of carbonyl (C=O) groups is 2. The predicted octanol–water partition coefficient (Wildman–Crippen LogP) is 3.47. The number of rotatable bonds is 3. The Bertz CT molecular complexity index is 971. The van der Waals surface area contributed by atoms with Crippen LogP contribution in [0.4, 0.5) is 10.5 Å². The van der Waals surface area contributed by atoms with Gasteiger partial charge in [0.15, 0.2) is 0 Å². The molecule has 1 aromatic carbocycles. The highest BCUT2D eigenvalue weighted by atomic mass is 35.5. The van der Waals surface area contributed by atoms with Crippen LogP contribution < -0.4 is 11.1 Å². The minimum atomic E-state index is -1.12. The Morgan fingerprint density at radius 1 is 1.33 bits per heavy atom. The molecule has 0 spiro atoms. The smallest absolute Gasteiger partial charge is 0.410 e. The van der Waals surface area contributed by atoms with Crippen molar-refractivity contribution in [2.75, 3.05) is 25.4 Å². The molecule has 3 rings (SSSR count). The van der Waals surface area contributed by atoms with Crippen LogP contribution in [0.25, 0.3) is 11.0 Å². The molecule has 2 amide bonds. The predicted molar refractivity (Wildman–Crippen MR) is 115 cm³/mol. The molecule has 0 unspecified atom stereocenters. The highest BCUT2D eigenvalue weighted by molar-refractivity contribution is 6.35. The maximum atomic E-state index is 12.8. The monoisotopic (exact) mass is 437 g/mol. The summed E-state index contributed by atoms with van der Waals surface area (Å²) in [6.07, 6.45) is 0.245. The number of halogens is 1. The van der Waals surface area contributed by atoms with E-state index >= 15 is 0 Å². The summed E-state index contributed by atoms with van der Waals surface area (Å²) < 4.78 is 11.0. The zero-order valence-electron chi connectivity index (χ0n) is 17.7. The number of nitrogens with zero attached hydrogens (tertiary/aromatic N) is 1. The van der Waals surface area contributed by atoms with Gasteiger partial charge in [0.2, 0.25) is 0 Å². The lowest BCUT2D eigenvalue weighted by Gasteiger charge is -2.38. The third-order valence-corrected chi connectivity index (χ3v) is 5.40. The number of amides is 2. The van der Waals surface area contributed by atoms with E-state index in [1.807, 2.05) is 20.8 Å². The van der Waals surface area contributed by atoms with Crippen LogP contribution in [0.3, 0.4) is 0 Å². The van der Waals surface area contributed by atoms with Crippen molar-refractivity contribution in [2.45, 2.75) is 51.7 Å². The molecule has 4 N–H and O–H groups in total. The van der Waals surface area contributed by atoms with Gasteiger partial charge in [-0.05, 0) is 52.7 Å². The molecule has 164 valence electrons. The molecule has 1 aliphatic rings. The van der Waals surface area contributed by atoms with Gasteiger partial charge in [-0.1, -0.05) is 11.6 Å². The van der Waals surface area contributed by atoms with Crippen molar-refractivity contribution in [3.05, 3.63) is 28.5 Å². The first kappa shape index (κ1) is 22.2. The molecule has 8 nitrogen and oxygen atoms in total. The zero-order valence-corrected chi connectivity index (χ0v) is 18.4. The fourth-order valence-electron chi connectivity index (χ4n) is 3.43.